The SMILES string of the molecule is COc1cc(C=Cc2cccc(-n3cnc4ccccc43)c2)ccc1C=N. The minimum Gasteiger partial charge on any atom is -0.496 e. The predicted molar refractivity (Wildman–Crippen MR) is 111 cm³/mol. The second-order valence-corrected chi connectivity index (χ2v) is 6.18. The lowest BCUT2D eigenvalue weighted by Crippen LogP contribution is -1.92. The van der Waals surface area contributed by atoms with Gasteiger partial charge in [0.1, 0.15) is 12.1 Å². The third kappa shape index (κ3) is 3.37. The summed E-state index contributed by atoms with van der Waals surface area (Å²) in [6.07, 6.45) is 7.27. The topological polar surface area (TPSA) is 50.9 Å². The lowest BCUT2D eigenvalue weighted by atomic mass is 10.1. The van der Waals surface area contributed by atoms with Crippen molar-refractivity contribution in [1.82, 2.24) is 9.55 Å². The van der Waals surface area contributed by atoms with E-state index in [1.807, 2.05) is 54.9 Å². The summed E-state index contributed by atoms with van der Waals surface area (Å²) >= 11 is 0. The van der Waals surface area contributed by atoms with Crippen LogP contribution < -0.4 is 4.74 Å². The number of rotatable bonds is 5. The molecule has 1 heterocycles. The van der Waals surface area contributed by atoms with Crippen LogP contribution in [0.5, 0.6) is 5.75 Å². The van der Waals surface area contributed by atoms with Gasteiger partial charge in [0.05, 0.1) is 18.1 Å². The van der Waals surface area contributed by atoms with E-state index in [0.717, 1.165) is 33.4 Å². The molecule has 4 rings (SSSR count). The molecule has 1 N–H and O–H groups in total. The Hall–Kier alpha value is -3.66. The largest absolute Gasteiger partial charge is 0.496 e. The third-order valence-corrected chi connectivity index (χ3v) is 4.48. The van der Waals surface area contributed by atoms with Crippen LogP contribution in [0.1, 0.15) is 16.7 Å². The van der Waals surface area contributed by atoms with Gasteiger partial charge in [-0.1, -0.05) is 42.5 Å². The van der Waals surface area contributed by atoms with Gasteiger partial charge in [-0.15, -0.1) is 0 Å². The number of fused-ring (bicyclic) bond motifs is 1. The summed E-state index contributed by atoms with van der Waals surface area (Å²) < 4.78 is 7.43. The fourth-order valence-electron chi connectivity index (χ4n) is 3.09. The number of ether oxygens (including phenoxy) is 1. The van der Waals surface area contributed by atoms with Crippen LogP contribution in [0.25, 0.3) is 28.9 Å². The van der Waals surface area contributed by atoms with Crippen molar-refractivity contribution >= 4 is 29.4 Å². The average Bonchev–Trinajstić information content (AvgIpc) is 3.16. The highest BCUT2D eigenvalue weighted by atomic mass is 16.5. The van der Waals surface area contributed by atoms with Crippen molar-refractivity contribution in [3.63, 3.8) is 0 Å². The quantitative estimate of drug-likeness (QED) is 0.396. The number of hydrogen-bond acceptors (Lipinski definition) is 3. The molecule has 0 atom stereocenters. The second-order valence-electron chi connectivity index (χ2n) is 6.18. The summed E-state index contributed by atoms with van der Waals surface area (Å²) in [6, 6.07) is 22.2. The van der Waals surface area contributed by atoms with Crippen molar-refractivity contribution in [2.45, 2.75) is 0 Å². The second kappa shape index (κ2) is 7.30. The first-order valence-electron chi connectivity index (χ1n) is 8.67. The van der Waals surface area contributed by atoms with Crippen LogP contribution in [0, 0.1) is 5.41 Å². The molecule has 27 heavy (non-hydrogen) atoms. The van der Waals surface area contributed by atoms with Crippen molar-refractivity contribution in [1.29, 1.82) is 5.41 Å². The number of imidazole rings is 1. The third-order valence-electron chi connectivity index (χ3n) is 4.48. The number of hydrogen-bond donors (Lipinski definition) is 1. The molecule has 4 nitrogen and oxygen atoms in total. The van der Waals surface area contributed by atoms with E-state index in [0.29, 0.717) is 5.75 Å². The maximum absolute atomic E-state index is 7.41. The molecule has 0 spiro atoms. The standard InChI is InChI=1S/C23H19N3O/c1-27-23-14-18(11-12-19(23)15-24)10-9-17-5-4-6-20(13-17)26-16-25-21-7-2-3-8-22(21)26/h2-16,24H,1H3. The first-order chi connectivity index (χ1) is 13.3. The first-order valence-corrected chi connectivity index (χ1v) is 8.67. The Labute approximate surface area is 157 Å². The van der Waals surface area contributed by atoms with Gasteiger partial charge in [0.2, 0.25) is 0 Å². The van der Waals surface area contributed by atoms with Crippen molar-refractivity contribution in [2.75, 3.05) is 7.11 Å². The lowest BCUT2D eigenvalue weighted by molar-refractivity contribution is 0.414. The fourth-order valence-corrected chi connectivity index (χ4v) is 3.09. The normalized spacial score (nSPS) is 11.1. The molecule has 0 bridgehead atoms. The minimum atomic E-state index is 0.700. The summed E-state index contributed by atoms with van der Waals surface area (Å²) in [6.45, 7) is 0. The van der Waals surface area contributed by atoms with Crippen LogP contribution in [-0.4, -0.2) is 22.9 Å². The molecular formula is C23H19N3O. The van der Waals surface area contributed by atoms with E-state index in [2.05, 4.69) is 39.9 Å². The zero-order valence-electron chi connectivity index (χ0n) is 15.0. The summed E-state index contributed by atoms with van der Waals surface area (Å²) in [5, 5.41) is 7.41. The van der Waals surface area contributed by atoms with Gasteiger partial charge >= 0.3 is 0 Å². The molecule has 0 amide bonds. The highest BCUT2D eigenvalue weighted by molar-refractivity contribution is 5.83. The molecule has 132 valence electrons. The van der Waals surface area contributed by atoms with Gasteiger partial charge in [0.25, 0.3) is 0 Å². The van der Waals surface area contributed by atoms with Crippen LogP contribution in [0.3, 0.4) is 0 Å². The molecule has 3 aromatic carbocycles. The van der Waals surface area contributed by atoms with E-state index in [1.54, 1.807) is 7.11 Å². The molecule has 0 aliphatic carbocycles. The van der Waals surface area contributed by atoms with Crippen LogP contribution in [0.15, 0.2) is 73.1 Å². The maximum Gasteiger partial charge on any atom is 0.128 e. The molecular weight excluding hydrogens is 334 g/mol. The zero-order chi connectivity index (χ0) is 18.6. The van der Waals surface area contributed by atoms with Crippen molar-refractivity contribution in [2.24, 2.45) is 0 Å². The van der Waals surface area contributed by atoms with Crippen LogP contribution in [-0.2, 0) is 0 Å². The number of nitrogens with one attached hydrogen (secondary N) is 1. The van der Waals surface area contributed by atoms with E-state index in [4.69, 9.17) is 10.1 Å². The average molecular weight is 353 g/mol. The van der Waals surface area contributed by atoms with Gasteiger partial charge in [0, 0.05) is 17.5 Å². The summed E-state index contributed by atoms with van der Waals surface area (Å²) in [7, 11) is 1.62. The fraction of sp³-hybridized carbons (Fsp3) is 0.0435. The molecule has 0 saturated carbocycles. The summed E-state index contributed by atoms with van der Waals surface area (Å²) in [4.78, 5) is 4.47. The maximum atomic E-state index is 7.41. The van der Waals surface area contributed by atoms with Crippen molar-refractivity contribution in [3.05, 3.63) is 89.7 Å². The molecule has 0 saturated heterocycles. The molecule has 0 unspecified atom stereocenters. The number of benzene rings is 3. The predicted octanol–water partition coefficient (Wildman–Crippen LogP) is 5.20. The van der Waals surface area contributed by atoms with Gasteiger partial charge in [-0.2, -0.15) is 0 Å². The van der Waals surface area contributed by atoms with Crippen molar-refractivity contribution < 1.29 is 4.74 Å². The Morgan fingerprint density at radius 3 is 2.56 bits per heavy atom. The van der Waals surface area contributed by atoms with Gasteiger partial charge in [-0.05, 0) is 47.5 Å². The Morgan fingerprint density at radius 1 is 0.926 bits per heavy atom. The van der Waals surface area contributed by atoms with E-state index < -0.39 is 0 Å². The highest BCUT2D eigenvalue weighted by Crippen LogP contribution is 2.22. The van der Waals surface area contributed by atoms with E-state index in [1.165, 1.54) is 6.21 Å². The molecule has 0 aliphatic heterocycles. The molecule has 4 heteroatoms. The van der Waals surface area contributed by atoms with Gasteiger partial charge in [0.15, 0.2) is 0 Å². The van der Waals surface area contributed by atoms with Crippen LogP contribution >= 0.6 is 0 Å². The zero-order valence-corrected chi connectivity index (χ0v) is 15.0. The Kier molecular flexibility index (Phi) is 4.54. The van der Waals surface area contributed by atoms with E-state index in [-0.39, 0.29) is 0 Å². The number of para-hydroxylation sites is 2. The van der Waals surface area contributed by atoms with Gasteiger partial charge in [-0.3, -0.25) is 4.57 Å². The van der Waals surface area contributed by atoms with Crippen molar-refractivity contribution in [3.8, 4) is 11.4 Å². The number of aromatic nitrogens is 2. The van der Waals surface area contributed by atoms with E-state index in [9.17, 15) is 0 Å². The molecule has 1 aromatic heterocycles. The number of methoxy groups -OCH3 is 1. The Balaban J connectivity index is 1.65. The molecule has 0 radical (unpaired) electrons. The number of nitrogens with zero attached hydrogens (tertiary/aromatic N) is 2. The Morgan fingerprint density at radius 2 is 1.74 bits per heavy atom. The van der Waals surface area contributed by atoms with Gasteiger partial charge in [-0.25, -0.2) is 4.98 Å². The molecule has 0 fully saturated rings. The first kappa shape index (κ1) is 16.8. The monoisotopic (exact) mass is 353 g/mol. The summed E-state index contributed by atoms with van der Waals surface area (Å²) in [5.41, 5.74) is 6.03. The van der Waals surface area contributed by atoms with Gasteiger partial charge < -0.3 is 10.1 Å². The Bertz CT molecular complexity index is 1140. The lowest BCUT2D eigenvalue weighted by Gasteiger charge is -2.06. The highest BCUT2D eigenvalue weighted by Gasteiger charge is 2.04. The van der Waals surface area contributed by atoms with Crippen LogP contribution in [0.2, 0.25) is 0 Å². The molecule has 0 aliphatic rings. The van der Waals surface area contributed by atoms with Crippen LogP contribution in [0.4, 0.5) is 0 Å². The summed E-state index contributed by atoms with van der Waals surface area (Å²) in [5.74, 6) is 0.700. The molecule has 4 aromatic rings. The minimum absolute atomic E-state index is 0.700. The smallest absolute Gasteiger partial charge is 0.128 e. The van der Waals surface area contributed by atoms with E-state index >= 15 is 0 Å².